The molecule has 0 spiro atoms. The number of ether oxygens (including phenoxy) is 1. The Morgan fingerprint density at radius 3 is 2.40 bits per heavy atom. The number of halogens is 1. The van der Waals surface area contributed by atoms with Gasteiger partial charge in [0.05, 0.1) is 23.3 Å². The van der Waals surface area contributed by atoms with Crippen LogP contribution in [0.1, 0.15) is 30.9 Å². The van der Waals surface area contributed by atoms with Gasteiger partial charge in [-0.05, 0) is 36.8 Å². The van der Waals surface area contributed by atoms with E-state index in [0.717, 1.165) is 17.7 Å². The Morgan fingerprint density at radius 2 is 1.84 bits per heavy atom. The first-order valence-corrected chi connectivity index (χ1v) is 8.68. The van der Waals surface area contributed by atoms with Gasteiger partial charge in [0.15, 0.2) is 5.82 Å². The van der Waals surface area contributed by atoms with Crippen LogP contribution in [0, 0.1) is 28.5 Å². The molecule has 128 valence electrons. The third-order valence-electron chi connectivity index (χ3n) is 3.59. The van der Waals surface area contributed by atoms with Gasteiger partial charge < -0.3 is 10.1 Å². The molecule has 0 unspecified atom stereocenters. The summed E-state index contributed by atoms with van der Waals surface area (Å²) in [5.74, 6) is 0.0465. The second kappa shape index (κ2) is 8.96. The van der Waals surface area contributed by atoms with Crippen molar-refractivity contribution in [3.63, 3.8) is 0 Å². The second-order valence-corrected chi connectivity index (χ2v) is 6.38. The summed E-state index contributed by atoms with van der Waals surface area (Å²) in [5, 5.41) is 21.7. The molecule has 0 heterocycles. The Balaban J connectivity index is 2.40. The molecule has 0 aliphatic carbocycles. The molecular weight excluding hydrogens is 337 g/mol. The Morgan fingerprint density at radius 1 is 1.16 bits per heavy atom. The molecule has 6 heteroatoms. The number of nitrogens with one attached hydrogen (secondary N) is 1. The van der Waals surface area contributed by atoms with Gasteiger partial charge in [0.25, 0.3) is 0 Å². The Hall–Kier alpha value is -2.70. The quantitative estimate of drug-likeness (QED) is 0.712. The van der Waals surface area contributed by atoms with E-state index in [1.807, 2.05) is 24.3 Å². The van der Waals surface area contributed by atoms with Crippen molar-refractivity contribution in [2.45, 2.75) is 29.6 Å². The smallest absolute Gasteiger partial charge is 0.156 e. The Labute approximate surface area is 151 Å². The fraction of sp³-hybridized carbons (Fsp3) is 0.263. The van der Waals surface area contributed by atoms with Gasteiger partial charge in [0.2, 0.25) is 0 Å². The van der Waals surface area contributed by atoms with Gasteiger partial charge in [-0.1, -0.05) is 25.1 Å². The van der Waals surface area contributed by atoms with Crippen molar-refractivity contribution in [2.24, 2.45) is 0 Å². The maximum atomic E-state index is 14.7. The van der Waals surface area contributed by atoms with Crippen LogP contribution in [-0.4, -0.2) is 13.7 Å². The van der Waals surface area contributed by atoms with Gasteiger partial charge in [-0.25, -0.2) is 4.39 Å². The van der Waals surface area contributed by atoms with E-state index >= 15 is 0 Å². The number of hydrogen-bond donors (Lipinski definition) is 1. The fourth-order valence-electron chi connectivity index (χ4n) is 2.24. The monoisotopic (exact) mass is 355 g/mol. The summed E-state index contributed by atoms with van der Waals surface area (Å²) < 4.78 is 19.8. The fourth-order valence-corrected chi connectivity index (χ4v) is 3.13. The summed E-state index contributed by atoms with van der Waals surface area (Å²) in [6.07, 6.45) is 1.92. The van der Waals surface area contributed by atoms with Crippen molar-refractivity contribution in [3.05, 3.63) is 47.3 Å². The van der Waals surface area contributed by atoms with Crippen molar-refractivity contribution in [1.29, 1.82) is 10.5 Å². The highest BCUT2D eigenvalue weighted by molar-refractivity contribution is 7.99. The van der Waals surface area contributed by atoms with Crippen LogP contribution < -0.4 is 10.1 Å². The maximum Gasteiger partial charge on any atom is 0.156 e. The van der Waals surface area contributed by atoms with Crippen LogP contribution in [0.3, 0.4) is 0 Å². The highest BCUT2D eigenvalue weighted by Crippen LogP contribution is 2.36. The first kappa shape index (κ1) is 18.6. The second-order valence-electron chi connectivity index (χ2n) is 5.27. The minimum absolute atomic E-state index is 0.0511. The summed E-state index contributed by atoms with van der Waals surface area (Å²) in [6.45, 7) is 2.72. The number of anilines is 1. The molecular formula is C19H18FN3OS. The molecule has 2 aromatic rings. The number of rotatable bonds is 7. The number of benzene rings is 2. The van der Waals surface area contributed by atoms with Gasteiger partial charge in [0.1, 0.15) is 23.5 Å². The minimum atomic E-state index is -0.666. The van der Waals surface area contributed by atoms with Crippen molar-refractivity contribution in [3.8, 4) is 17.9 Å². The van der Waals surface area contributed by atoms with Crippen LogP contribution in [0.25, 0.3) is 0 Å². The van der Waals surface area contributed by atoms with E-state index in [1.165, 1.54) is 11.8 Å². The Bertz CT molecular complexity index is 823. The molecule has 0 aliphatic heterocycles. The third kappa shape index (κ3) is 4.43. The summed E-state index contributed by atoms with van der Waals surface area (Å²) in [6, 6.07) is 12.6. The molecule has 0 fully saturated rings. The number of nitrogens with zero attached hydrogens (tertiary/aromatic N) is 2. The molecule has 0 aliphatic rings. The molecule has 4 nitrogen and oxygen atoms in total. The van der Waals surface area contributed by atoms with Crippen molar-refractivity contribution in [2.75, 3.05) is 19.0 Å². The Kier molecular flexibility index (Phi) is 6.68. The van der Waals surface area contributed by atoms with Gasteiger partial charge in [-0.3, -0.25) is 0 Å². The molecule has 25 heavy (non-hydrogen) atoms. The number of unbranched alkanes of at least 4 members (excludes halogenated alkanes) is 1. The van der Waals surface area contributed by atoms with Crippen LogP contribution in [0.15, 0.2) is 40.1 Å². The van der Waals surface area contributed by atoms with E-state index in [2.05, 4.69) is 12.2 Å². The average Bonchev–Trinajstić information content (AvgIpc) is 2.64. The molecule has 1 N–H and O–H groups in total. The van der Waals surface area contributed by atoms with Gasteiger partial charge in [0, 0.05) is 11.4 Å². The predicted molar refractivity (Wildman–Crippen MR) is 96.3 cm³/mol. The van der Waals surface area contributed by atoms with Crippen molar-refractivity contribution >= 4 is 17.4 Å². The van der Waals surface area contributed by atoms with E-state index in [1.54, 1.807) is 25.3 Å². The van der Waals surface area contributed by atoms with Crippen LogP contribution in [0.2, 0.25) is 0 Å². The summed E-state index contributed by atoms with van der Waals surface area (Å²) >= 11 is 1.20. The third-order valence-corrected chi connectivity index (χ3v) is 4.61. The largest absolute Gasteiger partial charge is 0.497 e. The van der Waals surface area contributed by atoms with E-state index in [-0.39, 0.29) is 11.1 Å². The topological polar surface area (TPSA) is 68.8 Å². The normalized spacial score (nSPS) is 9.96. The lowest BCUT2D eigenvalue weighted by Crippen LogP contribution is -2.06. The molecule has 0 amide bonds. The number of nitriles is 2. The molecule has 0 aromatic heterocycles. The van der Waals surface area contributed by atoms with E-state index < -0.39 is 5.82 Å². The number of hydrogen-bond acceptors (Lipinski definition) is 5. The maximum absolute atomic E-state index is 14.7. The first-order chi connectivity index (χ1) is 12.1. The molecule has 0 bridgehead atoms. The summed E-state index contributed by atoms with van der Waals surface area (Å²) in [7, 11) is 1.58. The lowest BCUT2D eigenvalue weighted by molar-refractivity contribution is 0.414. The van der Waals surface area contributed by atoms with Crippen molar-refractivity contribution in [1.82, 2.24) is 0 Å². The van der Waals surface area contributed by atoms with E-state index in [4.69, 9.17) is 4.74 Å². The van der Waals surface area contributed by atoms with Gasteiger partial charge in [-0.15, -0.1) is 0 Å². The van der Waals surface area contributed by atoms with E-state index in [0.29, 0.717) is 22.9 Å². The molecule has 0 saturated heterocycles. The van der Waals surface area contributed by atoms with Crippen LogP contribution in [0.5, 0.6) is 5.75 Å². The van der Waals surface area contributed by atoms with Gasteiger partial charge in [-0.2, -0.15) is 10.5 Å². The van der Waals surface area contributed by atoms with Gasteiger partial charge >= 0.3 is 0 Å². The molecule has 0 radical (unpaired) electrons. The zero-order chi connectivity index (χ0) is 18.2. The van der Waals surface area contributed by atoms with Crippen LogP contribution >= 0.6 is 11.8 Å². The van der Waals surface area contributed by atoms with Crippen LogP contribution in [-0.2, 0) is 0 Å². The zero-order valence-electron chi connectivity index (χ0n) is 14.1. The minimum Gasteiger partial charge on any atom is -0.497 e. The van der Waals surface area contributed by atoms with Crippen LogP contribution in [0.4, 0.5) is 10.1 Å². The molecule has 0 atom stereocenters. The zero-order valence-corrected chi connectivity index (χ0v) is 14.9. The lowest BCUT2D eigenvalue weighted by Gasteiger charge is -2.13. The highest BCUT2D eigenvalue weighted by Gasteiger charge is 2.19. The standard InChI is InChI=1S/C19H18FN3OS/c1-3-4-9-23-17-10-18(19(20)16(12-22)15(17)11-21)25-14-7-5-13(24-2)6-8-14/h5-8,10,23H,3-4,9H2,1-2H3. The predicted octanol–water partition coefficient (Wildman–Crippen LogP) is 4.94. The van der Waals surface area contributed by atoms with E-state index in [9.17, 15) is 14.9 Å². The molecule has 2 aromatic carbocycles. The molecule has 0 saturated carbocycles. The summed E-state index contributed by atoms with van der Waals surface area (Å²) in [5.41, 5.74) is 0.320. The van der Waals surface area contributed by atoms with Crippen molar-refractivity contribution < 1.29 is 9.13 Å². The number of methoxy groups -OCH3 is 1. The summed E-state index contributed by atoms with van der Waals surface area (Å²) in [4.78, 5) is 1.12. The average molecular weight is 355 g/mol. The first-order valence-electron chi connectivity index (χ1n) is 7.87. The highest BCUT2D eigenvalue weighted by atomic mass is 32.2. The lowest BCUT2D eigenvalue weighted by atomic mass is 10.1. The SMILES string of the molecule is CCCCNc1cc(Sc2ccc(OC)cc2)c(F)c(C#N)c1C#N. The molecule has 2 rings (SSSR count).